The summed E-state index contributed by atoms with van der Waals surface area (Å²) in [4.78, 5) is 10.6. The number of hydrogen-bond acceptors (Lipinski definition) is 4. The van der Waals surface area contributed by atoms with Crippen LogP contribution < -0.4 is 5.73 Å². The van der Waals surface area contributed by atoms with E-state index in [1.165, 1.54) is 19.4 Å². The highest BCUT2D eigenvalue weighted by atomic mass is 16.5. The molecule has 1 aliphatic rings. The molecule has 1 rings (SSSR count). The maximum Gasteiger partial charge on any atom is 0.279 e. The van der Waals surface area contributed by atoms with Gasteiger partial charge in [0.25, 0.3) is 11.6 Å². The lowest BCUT2D eigenvalue weighted by atomic mass is 10.2. The third-order valence-corrected chi connectivity index (χ3v) is 1.24. The summed E-state index contributed by atoms with van der Waals surface area (Å²) in [5.74, 6) is -0.660. The van der Waals surface area contributed by atoms with Gasteiger partial charge in [0.05, 0.1) is 6.20 Å². The standard InChI is InChI=1S/C5H7N3O2/c1-10-5(4(6)9)2-3-7-8-5/h2-3H,1H3,(H2,6,9). The molecule has 1 heterocycles. The third-order valence-electron chi connectivity index (χ3n) is 1.24. The van der Waals surface area contributed by atoms with E-state index >= 15 is 0 Å². The number of hydrogen-bond donors (Lipinski definition) is 1. The molecule has 1 unspecified atom stereocenters. The number of ether oxygens (including phenoxy) is 1. The number of azo groups is 1. The van der Waals surface area contributed by atoms with Crippen molar-refractivity contribution >= 4 is 5.91 Å². The molecular weight excluding hydrogens is 134 g/mol. The molecule has 0 aromatic carbocycles. The molecule has 0 aromatic rings. The van der Waals surface area contributed by atoms with E-state index in [1.54, 1.807) is 0 Å². The summed E-state index contributed by atoms with van der Waals surface area (Å²) in [7, 11) is 1.35. The highest BCUT2D eigenvalue weighted by Gasteiger charge is 2.36. The number of methoxy groups -OCH3 is 1. The van der Waals surface area contributed by atoms with Gasteiger partial charge in [-0.1, -0.05) is 0 Å². The monoisotopic (exact) mass is 141 g/mol. The van der Waals surface area contributed by atoms with Gasteiger partial charge in [-0.3, -0.25) is 4.79 Å². The number of nitrogens with zero attached hydrogens (tertiary/aromatic N) is 2. The van der Waals surface area contributed by atoms with Crippen LogP contribution in [0.4, 0.5) is 0 Å². The predicted molar refractivity (Wildman–Crippen MR) is 32.9 cm³/mol. The molecule has 1 aliphatic heterocycles. The molecule has 0 spiro atoms. The average molecular weight is 141 g/mol. The minimum absolute atomic E-state index is 0.660. The Kier molecular flexibility index (Phi) is 1.50. The SMILES string of the molecule is COC1(C(N)=O)C=CN=N1. The van der Waals surface area contributed by atoms with Crippen LogP contribution in [0.3, 0.4) is 0 Å². The average Bonchev–Trinajstić information content (AvgIpc) is 2.35. The van der Waals surface area contributed by atoms with Crippen LogP contribution in [0.15, 0.2) is 22.5 Å². The van der Waals surface area contributed by atoms with Crippen LogP contribution >= 0.6 is 0 Å². The number of primary amides is 1. The summed E-state index contributed by atoms with van der Waals surface area (Å²) in [6.07, 6.45) is 2.77. The summed E-state index contributed by atoms with van der Waals surface area (Å²) in [5, 5.41) is 6.95. The van der Waals surface area contributed by atoms with Crippen molar-refractivity contribution in [3.63, 3.8) is 0 Å². The van der Waals surface area contributed by atoms with Gasteiger partial charge in [0, 0.05) is 13.2 Å². The Hall–Kier alpha value is -1.23. The van der Waals surface area contributed by atoms with Crippen molar-refractivity contribution in [1.82, 2.24) is 0 Å². The molecular formula is C5H7N3O2. The van der Waals surface area contributed by atoms with Crippen molar-refractivity contribution in [3.05, 3.63) is 12.3 Å². The second kappa shape index (κ2) is 2.18. The first kappa shape index (κ1) is 6.88. The van der Waals surface area contributed by atoms with Crippen molar-refractivity contribution in [2.45, 2.75) is 5.72 Å². The Balaban J connectivity index is 2.90. The molecule has 0 radical (unpaired) electrons. The lowest BCUT2D eigenvalue weighted by molar-refractivity contribution is -0.133. The van der Waals surface area contributed by atoms with Crippen LogP contribution in [-0.2, 0) is 9.53 Å². The van der Waals surface area contributed by atoms with Gasteiger partial charge in [0.2, 0.25) is 0 Å². The largest absolute Gasteiger partial charge is 0.365 e. The van der Waals surface area contributed by atoms with Crippen LogP contribution in [0, 0.1) is 0 Å². The van der Waals surface area contributed by atoms with Crippen molar-refractivity contribution in [2.75, 3.05) is 7.11 Å². The summed E-state index contributed by atoms with van der Waals surface area (Å²) >= 11 is 0. The normalized spacial score (nSPS) is 29.3. The van der Waals surface area contributed by atoms with Gasteiger partial charge in [0.15, 0.2) is 0 Å². The van der Waals surface area contributed by atoms with Crippen molar-refractivity contribution in [3.8, 4) is 0 Å². The van der Waals surface area contributed by atoms with E-state index in [4.69, 9.17) is 10.5 Å². The van der Waals surface area contributed by atoms with E-state index in [2.05, 4.69) is 10.2 Å². The first-order valence-electron chi connectivity index (χ1n) is 2.66. The Labute approximate surface area is 57.6 Å². The highest BCUT2D eigenvalue weighted by Crippen LogP contribution is 2.18. The van der Waals surface area contributed by atoms with E-state index in [0.29, 0.717) is 0 Å². The minimum Gasteiger partial charge on any atom is -0.365 e. The molecule has 5 nitrogen and oxygen atoms in total. The lowest BCUT2D eigenvalue weighted by Gasteiger charge is -2.14. The van der Waals surface area contributed by atoms with Crippen LogP contribution in [0.5, 0.6) is 0 Å². The first-order chi connectivity index (χ1) is 4.71. The number of nitrogens with two attached hydrogens (primary N) is 1. The molecule has 0 fully saturated rings. The van der Waals surface area contributed by atoms with E-state index in [-0.39, 0.29) is 0 Å². The second-order valence-electron chi connectivity index (χ2n) is 1.80. The van der Waals surface area contributed by atoms with E-state index in [9.17, 15) is 4.79 Å². The predicted octanol–water partition coefficient (Wildman–Crippen LogP) is -0.206. The molecule has 2 N–H and O–H groups in total. The number of carbonyl (C=O) groups is 1. The molecule has 0 saturated carbocycles. The van der Waals surface area contributed by atoms with E-state index in [1.807, 2.05) is 0 Å². The molecule has 1 atom stereocenters. The fourth-order valence-electron chi connectivity index (χ4n) is 0.628. The zero-order valence-corrected chi connectivity index (χ0v) is 5.44. The quantitative estimate of drug-likeness (QED) is 0.577. The van der Waals surface area contributed by atoms with Crippen molar-refractivity contribution in [2.24, 2.45) is 16.0 Å². The van der Waals surface area contributed by atoms with Crippen molar-refractivity contribution < 1.29 is 9.53 Å². The first-order valence-corrected chi connectivity index (χ1v) is 2.66. The van der Waals surface area contributed by atoms with Gasteiger partial charge >= 0.3 is 0 Å². The van der Waals surface area contributed by atoms with Crippen molar-refractivity contribution in [1.29, 1.82) is 0 Å². The molecule has 1 amide bonds. The fourth-order valence-corrected chi connectivity index (χ4v) is 0.628. The molecule has 54 valence electrons. The Morgan fingerprint density at radius 3 is 2.70 bits per heavy atom. The zero-order valence-electron chi connectivity index (χ0n) is 5.44. The Bertz CT molecular complexity index is 197. The van der Waals surface area contributed by atoms with E-state index in [0.717, 1.165) is 0 Å². The molecule has 5 heteroatoms. The number of rotatable bonds is 2. The van der Waals surface area contributed by atoms with Gasteiger partial charge in [-0.15, -0.1) is 5.11 Å². The van der Waals surface area contributed by atoms with Gasteiger partial charge < -0.3 is 10.5 Å². The Morgan fingerprint density at radius 1 is 1.80 bits per heavy atom. The molecule has 0 bridgehead atoms. The maximum absolute atomic E-state index is 10.6. The number of amides is 1. The van der Waals surface area contributed by atoms with Gasteiger partial charge in [-0.2, -0.15) is 5.11 Å². The summed E-state index contributed by atoms with van der Waals surface area (Å²) < 4.78 is 4.74. The van der Waals surface area contributed by atoms with Crippen LogP contribution in [0.1, 0.15) is 0 Å². The summed E-state index contributed by atoms with van der Waals surface area (Å²) in [5.41, 5.74) is 3.63. The number of carbonyl (C=O) groups excluding carboxylic acids is 1. The smallest absolute Gasteiger partial charge is 0.279 e. The highest BCUT2D eigenvalue weighted by molar-refractivity contribution is 5.85. The maximum atomic E-state index is 10.6. The summed E-state index contributed by atoms with van der Waals surface area (Å²) in [6, 6.07) is 0. The van der Waals surface area contributed by atoms with Crippen LogP contribution in [0.2, 0.25) is 0 Å². The van der Waals surface area contributed by atoms with Gasteiger partial charge in [-0.25, -0.2) is 0 Å². The van der Waals surface area contributed by atoms with Gasteiger partial charge in [-0.05, 0) is 0 Å². The zero-order chi connectivity index (χ0) is 7.61. The van der Waals surface area contributed by atoms with Crippen LogP contribution in [0.25, 0.3) is 0 Å². The van der Waals surface area contributed by atoms with Gasteiger partial charge in [0.1, 0.15) is 0 Å². The van der Waals surface area contributed by atoms with Crippen LogP contribution in [-0.4, -0.2) is 18.7 Å². The molecule has 0 aliphatic carbocycles. The lowest BCUT2D eigenvalue weighted by Crippen LogP contribution is -2.40. The molecule has 10 heavy (non-hydrogen) atoms. The topological polar surface area (TPSA) is 77.0 Å². The molecule has 0 aromatic heterocycles. The minimum atomic E-state index is -1.35. The third kappa shape index (κ3) is 0.801. The fraction of sp³-hybridized carbons (Fsp3) is 0.400. The van der Waals surface area contributed by atoms with E-state index < -0.39 is 11.6 Å². The summed E-state index contributed by atoms with van der Waals surface area (Å²) in [6.45, 7) is 0. The second-order valence-corrected chi connectivity index (χ2v) is 1.80. The molecule has 0 saturated heterocycles. The Morgan fingerprint density at radius 2 is 2.50 bits per heavy atom.